The zero-order valence-electron chi connectivity index (χ0n) is 17.6. The monoisotopic (exact) mass is 439 g/mol. The Hall–Kier alpha value is -2.71. The number of nitrogens with one attached hydrogen (secondary N) is 1. The Morgan fingerprint density at radius 1 is 1.16 bits per heavy atom. The molecule has 2 unspecified atom stereocenters. The molecule has 1 fully saturated rings. The van der Waals surface area contributed by atoms with E-state index >= 15 is 0 Å². The fourth-order valence-corrected chi connectivity index (χ4v) is 4.22. The van der Waals surface area contributed by atoms with Gasteiger partial charge in [0.05, 0.1) is 18.0 Å². The third-order valence-electron chi connectivity index (χ3n) is 5.58. The normalized spacial score (nSPS) is 18.4. The van der Waals surface area contributed by atoms with Crippen molar-refractivity contribution in [2.24, 2.45) is 5.14 Å². The molecule has 1 aliphatic rings. The van der Waals surface area contributed by atoms with Crippen LogP contribution in [0.3, 0.4) is 0 Å². The quantitative estimate of drug-likeness (QED) is 0.466. The second-order valence-electron chi connectivity index (χ2n) is 8.04. The van der Waals surface area contributed by atoms with Gasteiger partial charge in [-0.15, -0.1) is 0 Å². The summed E-state index contributed by atoms with van der Waals surface area (Å²) in [6.45, 7) is 4.31. The van der Waals surface area contributed by atoms with Crippen LogP contribution in [-0.4, -0.2) is 21.1 Å². The minimum Gasteiger partial charge on any atom is -0.488 e. The Balaban J connectivity index is 1.38. The highest BCUT2D eigenvalue weighted by atomic mass is 32.2. The van der Waals surface area contributed by atoms with Crippen LogP contribution in [0.4, 0.5) is 16.0 Å². The van der Waals surface area contributed by atoms with Crippen molar-refractivity contribution >= 4 is 23.6 Å². The molecule has 31 heavy (non-hydrogen) atoms. The van der Waals surface area contributed by atoms with Crippen LogP contribution in [0.1, 0.15) is 56.1 Å². The van der Waals surface area contributed by atoms with Crippen LogP contribution in [0.25, 0.3) is 0 Å². The molecule has 6 nitrogen and oxygen atoms in total. The molecule has 0 radical (unpaired) electrons. The molecule has 3 N–H and O–H groups in total. The average Bonchev–Trinajstić information content (AvgIpc) is 3.24. The number of anilines is 2. The van der Waals surface area contributed by atoms with Gasteiger partial charge in [0.25, 0.3) is 0 Å². The van der Waals surface area contributed by atoms with Gasteiger partial charge in [0.2, 0.25) is 5.95 Å². The minimum atomic E-state index is -0.393. The molecule has 1 aliphatic carbocycles. The van der Waals surface area contributed by atoms with Crippen molar-refractivity contribution in [3.63, 3.8) is 0 Å². The first-order valence-corrected chi connectivity index (χ1v) is 11.3. The van der Waals surface area contributed by atoms with Crippen molar-refractivity contribution < 1.29 is 9.13 Å². The Labute approximate surface area is 186 Å². The molecule has 4 rings (SSSR count). The van der Waals surface area contributed by atoms with Gasteiger partial charge in [-0.05, 0) is 78.4 Å². The smallest absolute Gasteiger partial charge is 0.227 e. The molecule has 162 valence electrons. The van der Waals surface area contributed by atoms with Gasteiger partial charge in [0.15, 0.2) is 0 Å². The van der Waals surface area contributed by atoms with Crippen LogP contribution in [0.5, 0.6) is 5.75 Å². The molecule has 0 aliphatic heterocycles. The molecule has 1 saturated carbocycles. The molecule has 2 heterocycles. The molecule has 2 aromatic heterocycles. The number of aromatic nitrogens is 3. The first-order valence-electron chi connectivity index (χ1n) is 10.4. The zero-order valence-corrected chi connectivity index (χ0v) is 18.4. The van der Waals surface area contributed by atoms with Crippen LogP contribution < -0.4 is 15.2 Å². The van der Waals surface area contributed by atoms with E-state index in [1.54, 1.807) is 12.1 Å². The lowest BCUT2D eigenvalue weighted by atomic mass is 10.0. The minimum absolute atomic E-state index is 0.150. The maximum atomic E-state index is 14.1. The summed E-state index contributed by atoms with van der Waals surface area (Å²) in [5.41, 5.74) is 2.57. The van der Waals surface area contributed by atoms with Gasteiger partial charge >= 0.3 is 0 Å². The van der Waals surface area contributed by atoms with Crippen molar-refractivity contribution in [3.8, 4) is 5.75 Å². The molecule has 0 amide bonds. The van der Waals surface area contributed by atoms with Crippen LogP contribution in [0.15, 0.2) is 53.9 Å². The lowest BCUT2D eigenvalue weighted by Crippen LogP contribution is -2.13. The molecule has 1 aromatic carbocycles. The number of ether oxygens (including phenoxy) is 1. The summed E-state index contributed by atoms with van der Waals surface area (Å²) in [5, 5.41) is 8.38. The van der Waals surface area contributed by atoms with E-state index < -0.39 is 5.82 Å². The van der Waals surface area contributed by atoms with Gasteiger partial charge in [0, 0.05) is 23.5 Å². The van der Waals surface area contributed by atoms with E-state index in [2.05, 4.69) is 34.1 Å². The predicted octanol–water partition coefficient (Wildman–Crippen LogP) is 5.56. The van der Waals surface area contributed by atoms with E-state index in [-0.39, 0.29) is 6.10 Å². The molecular weight excluding hydrogens is 413 g/mol. The highest BCUT2D eigenvalue weighted by Gasteiger charge is 2.28. The van der Waals surface area contributed by atoms with Gasteiger partial charge in [-0.25, -0.2) is 14.4 Å². The molecule has 8 heteroatoms. The maximum absolute atomic E-state index is 14.1. The summed E-state index contributed by atoms with van der Waals surface area (Å²) in [6, 6.07) is 6.78. The molecule has 3 aromatic rings. The van der Waals surface area contributed by atoms with Crippen LogP contribution in [-0.2, 0) is 0 Å². The third kappa shape index (κ3) is 5.14. The van der Waals surface area contributed by atoms with Gasteiger partial charge < -0.3 is 10.1 Å². The van der Waals surface area contributed by atoms with Crippen LogP contribution in [0.2, 0.25) is 0 Å². The highest BCUT2D eigenvalue weighted by Crippen LogP contribution is 2.37. The fraction of sp³-hybridized carbons (Fsp3) is 0.348. The van der Waals surface area contributed by atoms with Crippen molar-refractivity contribution in [1.82, 2.24) is 15.0 Å². The topological polar surface area (TPSA) is 86.0 Å². The molecule has 0 spiro atoms. The predicted molar refractivity (Wildman–Crippen MR) is 121 cm³/mol. The van der Waals surface area contributed by atoms with Gasteiger partial charge in [-0.1, -0.05) is 13.8 Å². The Bertz CT molecular complexity index is 1030. The number of pyridine rings is 1. The fourth-order valence-electron chi connectivity index (χ4n) is 3.90. The Morgan fingerprint density at radius 3 is 2.68 bits per heavy atom. The number of rotatable bonds is 7. The number of hydrogen-bond acceptors (Lipinski definition) is 7. The van der Waals surface area contributed by atoms with Crippen LogP contribution in [0, 0.1) is 5.82 Å². The summed E-state index contributed by atoms with van der Waals surface area (Å²) in [4.78, 5) is 13.6. The van der Waals surface area contributed by atoms with Crippen LogP contribution >= 0.6 is 11.9 Å². The second kappa shape index (κ2) is 9.62. The number of benzene rings is 1. The Kier molecular flexibility index (Phi) is 6.67. The lowest BCUT2D eigenvalue weighted by Gasteiger charge is -2.18. The summed E-state index contributed by atoms with van der Waals surface area (Å²) in [6.07, 6.45) is 10.3. The van der Waals surface area contributed by atoms with E-state index in [9.17, 15) is 4.39 Å². The standard InChI is InChI=1S/C23H26FN5OS/c1-14(2)19-7-8-26-13-22(19)30-17-4-3-15(9-17)16-11-27-23(28-12-16)29-21-6-5-18(31-25)10-20(21)24/h5-8,10-15,17H,3-4,9,25H2,1-2H3,(H,27,28,29). The summed E-state index contributed by atoms with van der Waals surface area (Å²) >= 11 is 1.00. The number of nitrogens with two attached hydrogens (primary N) is 1. The van der Waals surface area contributed by atoms with E-state index in [4.69, 9.17) is 9.88 Å². The van der Waals surface area contributed by atoms with Crippen molar-refractivity contribution in [2.75, 3.05) is 5.32 Å². The summed E-state index contributed by atoms with van der Waals surface area (Å²) in [7, 11) is 0. The summed E-state index contributed by atoms with van der Waals surface area (Å²) in [5.74, 6) is 1.57. The molecule has 2 atom stereocenters. The molecule has 0 saturated heterocycles. The molecule has 0 bridgehead atoms. The second-order valence-corrected chi connectivity index (χ2v) is 8.75. The van der Waals surface area contributed by atoms with Gasteiger partial charge in [0.1, 0.15) is 11.6 Å². The largest absolute Gasteiger partial charge is 0.488 e. The van der Waals surface area contributed by atoms with E-state index in [0.29, 0.717) is 28.4 Å². The number of nitrogens with zero attached hydrogens (tertiary/aromatic N) is 3. The maximum Gasteiger partial charge on any atom is 0.227 e. The SMILES string of the molecule is CC(C)c1ccncc1OC1CCC(c2cnc(Nc3ccc(SN)cc3F)nc2)C1. The summed E-state index contributed by atoms with van der Waals surface area (Å²) < 4.78 is 20.4. The first-order chi connectivity index (χ1) is 15.0. The van der Waals surface area contributed by atoms with Crippen molar-refractivity contribution in [1.29, 1.82) is 0 Å². The molecular formula is C23H26FN5OS. The lowest BCUT2D eigenvalue weighted by molar-refractivity contribution is 0.204. The third-order valence-corrected chi connectivity index (χ3v) is 6.11. The van der Waals surface area contributed by atoms with E-state index in [1.165, 1.54) is 11.6 Å². The van der Waals surface area contributed by atoms with E-state index in [0.717, 1.165) is 42.5 Å². The Morgan fingerprint density at radius 2 is 1.97 bits per heavy atom. The average molecular weight is 440 g/mol. The zero-order chi connectivity index (χ0) is 21.8. The number of hydrogen-bond donors (Lipinski definition) is 2. The van der Waals surface area contributed by atoms with Gasteiger partial charge in [-0.2, -0.15) is 0 Å². The van der Waals surface area contributed by atoms with E-state index in [1.807, 2.05) is 30.9 Å². The number of halogens is 1. The van der Waals surface area contributed by atoms with Crippen molar-refractivity contribution in [2.45, 2.75) is 55.9 Å². The van der Waals surface area contributed by atoms with Crippen molar-refractivity contribution in [3.05, 3.63) is 66.0 Å². The first kappa shape index (κ1) is 21.5. The highest BCUT2D eigenvalue weighted by molar-refractivity contribution is 7.97. The van der Waals surface area contributed by atoms with Gasteiger partial charge in [-0.3, -0.25) is 10.1 Å².